The van der Waals surface area contributed by atoms with Crippen LogP contribution in [-0.4, -0.2) is 12.0 Å². The zero-order chi connectivity index (χ0) is 12.3. The van der Waals surface area contributed by atoms with Gasteiger partial charge in [0.05, 0.1) is 10.7 Å². The molecule has 1 aromatic carbocycles. The van der Waals surface area contributed by atoms with Gasteiger partial charge in [0.2, 0.25) is 0 Å². The number of aromatic nitrogens is 1. The molecule has 0 aliphatic heterocycles. The van der Waals surface area contributed by atoms with Gasteiger partial charge in [-0.3, -0.25) is 0 Å². The summed E-state index contributed by atoms with van der Waals surface area (Å²) in [5.74, 6) is 0. The molecule has 0 fully saturated rings. The number of rotatable bonds is 4. The van der Waals surface area contributed by atoms with Crippen LogP contribution in [0.1, 0.15) is 16.3 Å². The van der Waals surface area contributed by atoms with Gasteiger partial charge in [-0.25, -0.2) is 4.98 Å². The van der Waals surface area contributed by atoms with Crippen molar-refractivity contribution in [2.24, 2.45) is 0 Å². The number of thiazole rings is 1. The van der Waals surface area contributed by atoms with Gasteiger partial charge in [0.1, 0.15) is 0 Å². The second-order valence-electron chi connectivity index (χ2n) is 3.68. The van der Waals surface area contributed by atoms with E-state index in [-0.39, 0.29) is 0 Å². The number of hydrogen-bond donors (Lipinski definition) is 1. The Bertz CT molecular complexity index is 511. The topological polar surface area (TPSA) is 24.9 Å². The highest BCUT2D eigenvalue weighted by Crippen LogP contribution is 2.24. The Hall–Kier alpha value is -0.610. The maximum atomic E-state index is 6.13. The zero-order valence-electron chi connectivity index (χ0n) is 9.34. The second kappa shape index (κ2) is 5.83. The van der Waals surface area contributed by atoms with E-state index in [0.717, 1.165) is 29.2 Å². The van der Waals surface area contributed by atoms with Crippen LogP contribution in [0.4, 0.5) is 0 Å². The predicted octanol–water partition coefficient (Wildman–Crippen LogP) is 3.76. The van der Waals surface area contributed by atoms with E-state index in [0.29, 0.717) is 10.0 Å². The lowest BCUT2D eigenvalue weighted by atomic mass is 10.1. The average molecular weight is 287 g/mol. The van der Waals surface area contributed by atoms with Gasteiger partial charge in [-0.05, 0) is 24.7 Å². The van der Waals surface area contributed by atoms with Crippen molar-refractivity contribution in [2.75, 3.05) is 7.05 Å². The SMILES string of the molecule is CNCc1csc(Cc2ccc(Cl)cc2Cl)n1. The molecule has 5 heteroatoms. The Labute approximate surface area is 115 Å². The van der Waals surface area contributed by atoms with Crippen LogP contribution in [0.5, 0.6) is 0 Å². The molecule has 2 nitrogen and oxygen atoms in total. The molecule has 2 aromatic rings. The molecule has 0 saturated carbocycles. The fourth-order valence-corrected chi connectivity index (χ4v) is 2.81. The molecule has 0 atom stereocenters. The highest BCUT2D eigenvalue weighted by molar-refractivity contribution is 7.09. The van der Waals surface area contributed by atoms with Crippen molar-refractivity contribution in [2.45, 2.75) is 13.0 Å². The minimum absolute atomic E-state index is 0.661. The Balaban J connectivity index is 2.13. The molecule has 1 heterocycles. The summed E-state index contributed by atoms with van der Waals surface area (Å²) in [4.78, 5) is 4.52. The third-order valence-electron chi connectivity index (χ3n) is 2.31. The number of benzene rings is 1. The summed E-state index contributed by atoms with van der Waals surface area (Å²) in [6, 6.07) is 5.56. The summed E-state index contributed by atoms with van der Waals surface area (Å²) in [5, 5.41) is 7.57. The minimum Gasteiger partial charge on any atom is -0.314 e. The Morgan fingerprint density at radius 2 is 2.18 bits per heavy atom. The normalized spacial score (nSPS) is 10.8. The van der Waals surface area contributed by atoms with Gasteiger partial charge in [0.25, 0.3) is 0 Å². The molecule has 1 aromatic heterocycles. The van der Waals surface area contributed by atoms with Crippen molar-refractivity contribution in [1.29, 1.82) is 0 Å². The molecule has 0 aliphatic carbocycles. The maximum absolute atomic E-state index is 6.13. The Kier molecular flexibility index (Phi) is 4.40. The maximum Gasteiger partial charge on any atom is 0.0973 e. The highest BCUT2D eigenvalue weighted by Gasteiger charge is 2.06. The lowest BCUT2D eigenvalue weighted by Gasteiger charge is -2.02. The Morgan fingerprint density at radius 1 is 1.35 bits per heavy atom. The average Bonchev–Trinajstić information content (AvgIpc) is 2.71. The van der Waals surface area contributed by atoms with Crippen molar-refractivity contribution < 1.29 is 0 Å². The highest BCUT2D eigenvalue weighted by atomic mass is 35.5. The van der Waals surface area contributed by atoms with E-state index >= 15 is 0 Å². The summed E-state index contributed by atoms with van der Waals surface area (Å²) in [7, 11) is 1.91. The lowest BCUT2D eigenvalue weighted by Crippen LogP contribution is -2.05. The van der Waals surface area contributed by atoms with Crippen LogP contribution in [0.15, 0.2) is 23.6 Å². The first-order chi connectivity index (χ1) is 8.19. The molecule has 0 radical (unpaired) electrons. The smallest absolute Gasteiger partial charge is 0.0973 e. The lowest BCUT2D eigenvalue weighted by molar-refractivity contribution is 0.793. The van der Waals surface area contributed by atoms with E-state index in [1.807, 2.05) is 19.2 Å². The molecule has 0 aliphatic rings. The molecule has 0 amide bonds. The number of nitrogens with one attached hydrogen (secondary N) is 1. The summed E-state index contributed by atoms with van der Waals surface area (Å²) >= 11 is 13.6. The Morgan fingerprint density at radius 3 is 2.88 bits per heavy atom. The first-order valence-corrected chi connectivity index (χ1v) is 6.84. The second-order valence-corrected chi connectivity index (χ2v) is 5.46. The molecule has 0 unspecified atom stereocenters. The van der Waals surface area contributed by atoms with Crippen molar-refractivity contribution in [3.63, 3.8) is 0 Å². The van der Waals surface area contributed by atoms with Gasteiger partial charge in [-0.1, -0.05) is 29.3 Å². The summed E-state index contributed by atoms with van der Waals surface area (Å²) in [6.45, 7) is 0.796. The van der Waals surface area contributed by atoms with E-state index in [9.17, 15) is 0 Å². The van der Waals surface area contributed by atoms with Crippen LogP contribution in [-0.2, 0) is 13.0 Å². The van der Waals surface area contributed by atoms with Crippen LogP contribution in [0.3, 0.4) is 0 Å². The molecule has 17 heavy (non-hydrogen) atoms. The van der Waals surface area contributed by atoms with Gasteiger partial charge in [0.15, 0.2) is 0 Å². The van der Waals surface area contributed by atoms with Gasteiger partial charge in [-0.2, -0.15) is 0 Å². The number of halogens is 2. The van der Waals surface area contributed by atoms with Crippen molar-refractivity contribution in [1.82, 2.24) is 10.3 Å². The number of nitrogens with zero attached hydrogens (tertiary/aromatic N) is 1. The molecular formula is C12H12Cl2N2S. The first kappa shape index (κ1) is 12.8. The van der Waals surface area contributed by atoms with E-state index in [1.54, 1.807) is 17.4 Å². The standard InChI is InChI=1S/C12H12Cl2N2S/c1-15-6-10-7-17-12(16-10)4-8-2-3-9(13)5-11(8)14/h2-3,5,7,15H,4,6H2,1H3. The third-order valence-corrected chi connectivity index (χ3v) is 3.80. The van der Waals surface area contributed by atoms with E-state index < -0.39 is 0 Å². The molecule has 0 spiro atoms. The molecule has 90 valence electrons. The number of hydrogen-bond acceptors (Lipinski definition) is 3. The van der Waals surface area contributed by atoms with Crippen molar-refractivity contribution >= 4 is 34.5 Å². The molecule has 1 N–H and O–H groups in total. The minimum atomic E-state index is 0.661. The van der Waals surface area contributed by atoms with Crippen LogP contribution in [0.2, 0.25) is 10.0 Å². The molecule has 2 rings (SSSR count). The van der Waals surface area contributed by atoms with E-state index in [4.69, 9.17) is 23.2 Å². The zero-order valence-corrected chi connectivity index (χ0v) is 11.7. The van der Waals surface area contributed by atoms with Crippen molar-refractivity contribution in [3.8, 4) is 0 Å². The molecular weight excluding hydrogens is 275 g/mol. The van der Waals surface area contributed by atoms with Crippen LogP contribution in [0.25, 0.3) is 0 Å². The molecule has 0 bridgehead atoms. The largest absolute Gasteiger partial charge is 0.314 e. The van der Waals surface area contributed by atoms with Crippen LogP contribution < -0.4 is 5.32 Å². The summed E-state index contributed by atoms with van der Waals surface area (Å²) in [5.41, 5.74) is 2.12. The van der Waals surface area contributed by atoms with Crippen LogP contribution >= 0.6 is 34.5 Å². The van der Waals surface area contributed by atoms with Crippen LogP contribution in [0, 0.1) is 0 Å². The van der Waals surface area contributed by atoms with Crippen molar-refractivity contribution in [3.05, 3.63) is 49.9 Å². The quantitative estimate of drug-likeness (QED) is 0.926. The predicted molar refractivity (Wildman–Crippen MR) is 74.1 cm³/mol. The summed E-state index contributed by atoms with van der Waals surface area (Å²) < 4.78 is 0. The fraction of sp³-hybridized carbons (Fsp3) is 0.250. The van der Waals surface area contributed by atoms with Gasteiger partial charge >= 0.3 is 0 Å². The fourth-order valence-electron chi connectivity index (χ4n) is 1.52. The first-order valence-electron chi connectivity index (χ1n) is 5.21. The van der Waals surface area contributed by atoms with Gasteiger partial charge < -0.3 is 5.32 Å². The molecule has 0 saturated heterocycles. The van der Waals surface area contributed by atoms with Gasteiger partial charge in [0, 0.05) is 28.4 Å². The third kappa shape index (κ3) is 3.42. The van der Waals surface area contributed by atoms with Gasteiger partial charge in [-0.15, -0.1) is 11.3 Å². The van der Waals surface area contributed by atoms with E-state index in [2.05, 4.69) is 15.7 Å². The summed E-state index contributed by atoms with van der Waals surface area (Å²) in [6.07, 6.45) is 0.754. The van der Waals surface area contributed by atoms with E-state index in [1.165, 1.54) is 0 Å². The monoisotopic (exact) mass is 286 g/mol.